The fourth-order valence-corrected chi connectivity index (χ4v) is 2.45. The molecule has 0 N–H and O–H groups in total. The van der Waals surface area contributed by atoms with E-state index >= 15 is 0 Å². The molecule has 0 atom stereocenters. The zero-order valence-electron chi connectivity index (χ0n) is 21.9. The Balaban J connectivity index is 2.48. The summed E-state index contributed by atoms with van der Waals surface area (Å²) in [5, 5.41) is 0. The zero-order valence-corrected chi connectivity index (χ0v) is 21.9. The molecule has 0 heterocycles. The topological polar surface area (TPSA) is 132 Å². The van der Waals surface area contributed by atoms with Crippen LogP contribution in [0, 0.1) is 0 Å². The smallest absolute Gasteiger partial charge is 0.347 e. The van der Waals surface area contributed by atoms with Crippen LogP contribution in [0.3, 0.4) is 0 Å². The second-order valence-corrected chi connectivity index (χ2v) is 8.34. The molecule has 202 valence electrons. The Kier molecular flexibility index (Phi) is 9.85. The lowest BCUT2D eigenvalue weighted by Gasteiger charge is -2.14. The molecule has 10 nitrogen and oxygen atoms in total. The summed E-state index contributed by atoms with van der Waals surface area (Å²) < 4.78 is 26.2. The van der Waals surface area contributed by atoms with Crippen LogP contribution in [0.25, 0.3) is 0 Å². The molecule has 0 saturated heterocycles. The summed E-state index contributed by atoms with van der Waals surface area (Å²) in [6, 6.07) is 7.30. The van der Waals surface area contributed by atoms with Crippen LogP contribution >= 0.6 is 0 Å². The normalized spacial score (nSPS) is 9.95. The van der Waals surface area contributed by atoms with E-state index in [4.69, 9.17) is 23.7 Å². The maximum Gasteiger partial charge on any atom is 0.347 e. The Hall–Kier alpha value is -5.25. The first-order chi connectivity index (χ1) is 18.2. The van der Waals surface area contributed by atoms with Gasteiger partial charge in [0.05, 0.1) is 0 Å². The average Bonchev–Trinajstić information content (AvgIpc) is 2.85. The van der Waals surface area contributed by atoms with E-state index in [1.54, 1.807) is 0 Å². The quantitative estimate of drug-likeness (QED) is 0.237. The fourth-order valence-electron chi connectivity index (χ4n) is 2.45. The molecule has 0 unspecified atom stereocenters. The van der Waals surface area contributed by atoms with Crippen molar-refractivity contribution in [2.24, 2.45) is 0 Å². The highest BCUT2D eigenvalue weighted by atomic mass is 16.6. The van der Waals surface area contributed by atoms with E-state index in [1.165, 1.54) is 52.0 Å². The van der Waals surface area contributed by atoms with Crippen LogP contribution in [0.2, 0.25) is 0 Å². The summed E-state index contributed by atoms with van der Waals surface area (Å²) in [5.74, 6) is -5.05. The number of benzene rings is 2. The van der Waals surface area contributed by atoms with E-state index in [2.05, 4.69) is 26.3 Å². The van der Waals surface area contributed by atoms with Crippen molar-refractivity contribution in [2.75, 3.05) is 0 Å². The molecule has 0 aliphatic carbocycles. The first kappa shape index (κ1) is 30.0. The van der Waals surface area contributed by atoms with Gasteiger partial charge in [0, 0.05) is 34.4 Å². The molecule has 2 aromatic rings. The zero-order chi connectivity index (χ0) is 29.4. The molecule has 0 fully saturated rings. The molecular weight excluding hydrogens is 508 g/mol. The number of carbonyl (C=O) groups excluding carboxylic acids is 5. The lowest BCUT2D eigenvalue weighted by atomic mass is 10.2. The number of esters is 5. The van der Waals surface area contributed by atoms with Gasteiger partial charge in [-0.25, -0.2) is 24.0 Å². The van der Waals surface area contributed by atoms with Crippen molar-refractivity contribution in [1.29, 1.82) is 0 Å². The van der Waals surface area contributed by atoms with Gasteiger partial charge in [-0.3, -0.25) is 0 Å². The van der Waals surface area contributed by atoms with Gasteiger partial charge < -0.3 is 23.7 Å². The Morgan fingerprint density at radius 1 is 0.487 bits per heavy atom. The van der Waals surface area contributed by atoms with Crippen molar-refractivity contribution in [3.63, 3.8) is 0 Å². The molecule has 0 aliphatic heterocycles. The van der Waals surface area contributed by atoms with Gasteiger partial charge in [0.1, 0.15) is 22.8 Å². The van der Waals surface area contributed by atoms with Gasteiger partial charge in [-0.2, -0.15) is 0 Å². The third kappa shape index (κ3) is 8.39. The van der Waals surface area contributed by atoms with Gasteiger partial charge in [-0.15, -0.1) is 0 Å². The Morgan fingerprint density at radius 2 is 0.872 bits per heavy atom. The van der Waals surface area contributed by atoms with E-state index in [0.717, 1.165) is 12.1 Å². The third-order valence-electron chi connectivity index (χ3n) is 4.51. The SMILES string of the molecule is C=C(C)C(=O)Oc1ccc(OC(=O)c2ccc(OC(=O)C(=C)C)cc2OC(=O)C(=C)C)c(OC(=O)C(=C)C)c1. The Bertz CT molecular complexity index is 1430. The van der Waals surface area contributed by atoms with Crippen LogP contribution in [0.5, 0.6) is 28.7 Å². The minimum atomic E-state index is -1.03. The summed E-state index contributed by atoms with van der Waals surface area (Å²) in [6.45, 7) is 19.7. The highest BCUT2D eigenvalue weighted by molar-refractivity contribution is 5.98. The number of carbonyl (C=O) groups is 5. The van der Waals surface area contributed by atoms with Gasteiger partial charge >= 0.3 is 29.8 Å². The van der Waals surface area contributed by atoms with E-state index in [0.29, 0.717) is 0 Å². The van der Waals surface area contributed by atoms with Crippen LogP contribution < -0.4 is 23.7 Å². The number of ether oxygens (including phenoxy) is 5. The largest absolute Gasteiger partial charge is 0.423 e. The van der Waals surface area contributed by atoms with E-state index in [-0.39, 0.29) is 56.6 Å². The summed E-state index contributed by atoms with van der Waals surface area (Å²) in [4.78, 5) is 61.3. The van der Waals surface area contributed by atoms with E-state index in [9.17, 15) is 24.0 Å². The van der Waals surface area contributed by atoms with Gasteiger partial charge in [0.2, 0.25) is 0 Å². The predicted molar refractivity (Wildman–Crippen MR) is 140 cm³/mol. The third-order valence-corrected chi connectivity index (χ3v) is 4.51. The first-order valence-electron chi connectivity index (χ1n) is 11.2. The number of hydrogen-bond acceptors (Lipinski definition) is 10. The fraction of sp³-hybridized carbons (Fsp3) is 0.138. The number of hydrogen-bond donors (Lipinski definition) is 0. The van der Waals surface area contributed by atoms with Crippen molar-refractivity contribution < 1.29 is 47.7 Å². The molecule has 0 aliphatic rings. The lowest BCUT2D eigenvalue weighted by molar-refractivity contribution is -0.131. The van der Waals surface area contributed by atoms with Gasteiger partial charge in [0.15, 0.2) is 11.5 Å². The molecule has 0 aromatic heterocycles. The number of rotatable bonds is 10. The van der Waals surface area contributed by atoms with Crippen LogP contribution in [0.1, 0.15) is 38.1 Å². The Morgan fingerprint density at radius 3 is 1.33 bits per heavy atom. The van der Waals surface area contributed by atoms with Crippen molar-refractivity contribution in [3.8, 4) is 28.7 Å². The van der Waals surface area contributed by atoms with Crippen LogP contribution in [0.15, 0.2) is 85.0 Å². The van der Waals surface area contributed by atoms with Gasteiger partial charge in [-0.1, -0.05) is 26.3 Å². The average molecular weight is 535 g/mol. The summed E-state index contributed by atoms with van der Waals surface area (Å²) in [7, 11) is 0. The van der Waals surface area contributed by atoms with Crippen LogP contribution in [-0.4, -0.2) is 29.8 Å². The molecule has 0 amide bonds. The summed E-state index contributed by atoms with van der Waals surface area (Å²) >= 11 is 0. The van der Waals surface area contributed by atoms with Crippen molar-refractivity contribution in [3.05, 3.63) is 90.6 Å². The van der Waals surface area contributed by atoms with Crippen molar-refractivity contribution >= 4 is 29.8 Å². The van der Waals surface area contributed by atoms with Gasteiger partial charge in [0.25, 0.3) is 0 Å². The molecule has 39 heavy (non-hydrogen) atoms. The predicted octanol–water partition coefficient (Wildman–Crippen LogP) is 4.83. The monoisotopic (exact) mass is 534 g/mol. The summed E-state index contributed by atoms with van der Waals surface area (Å²) in [5.41, 5.74) is 0.0844. The molecule has 0 spiro atoms. The maximum absolute atomic E-state index is 13.1. The molecule has 0 bridgehead atoms. The van der Waals surface area contributed by atoms with Crippen LogP contribution in [0.4, 0.5) is 0 Å². The molecule has 0 saturated carbocycles. The first-order valence-corrected chi connectivity index (χ1v) is 11.2. The second kappa shape index (κ2) is 12.8. The Labute approximate surface area is 224 Å². The maximum atomic E-state index is 13.1. The molecular formula is C29H26O10. The standard InChI is InChI=1S/C29H26O10/c1-15(2)25(30)35-19-9-11-21(23(13-19)38-27(32)17(5)6)29(34)37-22-12-10-20(36-26(31)16(3)4)14-24(22)39-28(33)18(7)8/h9-14H,1,3,5,7H2,2,4,6,8H3. The van der Waals surface area contributed by atoms with E-state index < -0.39 is 29.8 Å². The molecule has 2 rings (SSSR count). The summed E-state index contributed by atoms with van der Waals surface area (Å²) in [6.07, 6.45) is 0. The minimum absolute atomic E-state index is 0.0212. The van der Waals surface area contributed by atoms with E-state index in [1.807, 2.05) is 0 Å². The van der Waals surface area contributed by atoms with Crippen molar-refractivity contribution in [2.45, 2.75) is 27.7 Å². The highest BCUT2D eigenvalue weighted by Gasteiger charge is 2.23. The second-order valence-electron chi connectivity index (χ2n) is 8.34. The van der Waals surface area contributed by atoms with Crippen molar-refractivity contribution in [1.82, 2.24) is 0 Å². The molecule has 2 aromatic carbocycles. The lowest BCUT2D eigenvalue weighted by Crippen LogP contribution is -2.16. The minimum Gasteiger partial charge on any atom is -0.423 e. The molecule has 10 heteroatoms. The van der Waals surface area contributed by atoms with Gasteiger partial charge in [-0.05, 0) is 52.0 Å². The van der Waals surface area contributed by atoms with Crippen LogP contribution in [-0.2, 0) is 19.2 Å². The highest BCUT2D eigenvalue weighted by Crippen LogP contribution is 2.34. The molecule has 0 radical (unpaired) electrons.